The zero-order valence-electron chi connectivity index (χ0n) is 16.8. The quantitative estimate of drug-likeness (QED) is 0.634. The maximum Gasteiger partial charge on any atom is 0.118 e. The minimum absolute atomic E-state index is 0.746. The van der Waals surface area contributed by atoms with E-state index >= 15 is 0 Å². The minimum atomic E-state index is 0.746. The fraction of sp³-hybridized carbons (Fsp3) is 0.240. The van der Waals surface area contributed by atoms with E-state index in [0.717, 1.165) is 44.1 Å². The topological polar surface area (TPSA) is 36.9 Å². The summed E-state index contributed by atoms with van der Waals surface area (Å²) < 4.78 is 5.27. The van der Waals surface area contributed by atoms with Crippen molar-refractivity contribution in [1.82, 2.24) is 5.32 Å². The third-order valence-electron chi connectivity index (χ3n) is 5.13. The molecule has 1 N–H and O–H groups in total. The zero-order chi connectivity index (χ0) is 19.9. The van der Waals surface area contributed by atoms with E-state index in [9.17, 15) is 0 Å². The van der Waals surface area contributed by atoms with Crippen molar-refractivity contribution in [3.63, 3.8) is 0 Å². The lowest BCUT2D eigenvalue weighted by molar-refractivity contribution is 0.414. The molecule has 1 aliphatic rings. The van der Waals surface area contributed by atoms with Gasteiger partial charge in [-0.15, -0.1) is 0 Å². The molecule has 148 valence electrons. The van der Waals surface area contributed by atoms with Gasteiger partial charge in [-0.2, -0.15) is 0 Å². The molecule has 0 bridgehead atoms. The maximum atomic E-state index is 5.27. The number of rotatable bonds is 7. The standard InChI is InChI=1S/C25H27N3O/c1-29-24-13-11-20(12-14-24)17-21-7-5-10-23(18-21)28(22-8-3-2-4-9-22)19-25-26-15-6-16-27-25/h2-5,7-14,18H,6,15-17,19H2,1H3,(H,26,27). The molecule has 0 radical (unpaired) electrons. The Morgan fingerprint density at radius 3 is 2.41 bits per heavy atom. The first-order valence-electron chi connectivity index (χ1n) is 10.1. The van der Waals surface area contributed by atoms with Crippen molar-refractivity contribution in [1.29, 1.82) is 0 Å². The van der Waals surface area contributed by atoms with Gasteiger partial charge in [0.15, 0.2) is 0 Å². The summed E-state index contributed by atoms with van der Waals surface area (Å²) in [6.07, 6.45) is 1.99. The van der Waals surface area contributed by atoms with Crippen LogP contribution in [0.3, 0.4) is 0 Å². The van der Waals surface area contributed by atoms with Crippen LogP contribution in [0.5, 0.6) is 5.75 Å². The first-order valence-corrected chi connectivity index (χ1v) is 10.1. The van der Waals surface area contributed by atoms with Gasteiger partial charge in [0, 0.05) is 24.5 Å². The van der Waals surface area contributed by atoms with Crippen molar-refractivity contribution in [2.45, 2.75) is 12.8 Å². The van der Waals surface area contributed by atoms with Crippen molar-refractivity contribution in [2.75, 3.05) is 31.6 Å². The Kier molecular flexibility index (Phi) is 6.10. The maximum absolute atomic E-state index is 5.27. The number of hydrogen-bond acceptors (Lipinski definition) is 4. The molecule has 0 saturated carbocycles. The Morgan fingerprint density at radius 1 is 0.897 bits per heavy atom. The van der Waals surface area contributed by atoms with Crippen molar-refractivity contribution in [3.05, 3.63) is 90.0 Å². The van der Waals surface area contributed by atoms with Crippen LogP contribution in [0.1, 0.15) is 17.5 Å². The summed E-state index contributed by atoms with van der Waals surface area (Å²) in [6, 6.07) is 27.6. The highest BCUT2D eigenvalue weighted by atomic mass is 16.5. The Bertz CT molecular complexity index is 951. The number of ether oxygens (including phenoxy) is 1. The van der Waals surface area contributed by atoms with Crippen molar-refractivity contribution < 1.29 is 4.74 Å². The molecule has 0 atom stereocenters. The summed E-state index contributed by atoms with van der Waals surface area (Å²) in [5.41, 5.74) is 4.90. The van der Waals surface area contributed by atoms with Gasteiger partial charge in [-0.25, -0.2) is 0 Å². The van der Waals surface area contributed by atoms with E-state index in [-0.39, 0.29) is 0 Å². The number of nitrogens with zero attached hydrogens (tertiary/aromatic N) is 2. The minimum Gasteiger partial charge on any atom is -0.497 e. The smallest absolute Gasteiger partial charge is 0.118 e. The molecule has 29 heavy (non-hydrogen) atoms. The Morgan fingerprint density at radius 2 is 1.69 bits per heavy atom. The Balaban J connectivity index is 1.60. The highest BCUT2D eigenvalue weighted by molar-refractivity contribution is 5.89. The van der Waals surface area contributed by atoms with Gasteiger partial charge in [0.1, 0.15) is 11.6 Å². The second kappa shape index (κ2) is 9.28. The van der Waals surface area contributed by atoms with Crippen molar-refractivity contribution >= 4 is 17.2 Å². The number of hydrogen-bond donors (Lipinski definition) is 1. The van der Waals surface area contributed by atoms with Gasteiger partial charge in [0.2, 0.25) is 0 Å². The van der Waals surface area contributed by atoms with Gasteiger partial charge in [-0.05, 0) is 60.4 Å². The van der Waals surface area contributed by atoms with Gasteiger partial charge < -0.3 is 15.0 Å². The average molecular weight is 386 g/mol. The number of benzene rings is 3. The van der Waals surface area contributed by atoms with Crippen LogP contribution in [0.4, 0.5) is 11.4 Å². The molecule has 1 aliphatic heterocycles. The zero-order valence-corrected chi connectivity index (χ0v) is 16.8. The molecule has 0 unspecified atom stereocenters. The summed E-state index contributed by atoms with van der Waals surface area (Å²) in [7, 11) is 1.70. The molecule has 0 aliphatic carbocycles. The van der Waals surface area contributed by atoms with Crippen LogP contribution < -0.4 is 15.0 Å². The molecule has 4 nitrogen and oxygen atoms in total. The van der Waals surface area contributed by atoms with Crippen LogP contribution >= 0.6 is 0 Å². The number of methoxy groups -OCH3 is 1. The fourth-order valence-corrected chi connectivity index (χ4v) is 3.59. The normalized spacial score (nSPS) is 13.3. The molecule has 3 aromatic carbocycles. The highest BCUT2D eigenvalue weighted by Gasteiger charge is 2.14. The molecule has 0 amide bonds. The van der Waals surface area contributed by atoms with Crippen LogP contribution in [0.25, 0.3) is 0 Å². The second-order valence-corrected chi connectivity index (χ2v) is 7.23. The van der Waals surface area contributed by atoms with Crippen LogP contribution in [0.15, 0.2) is 83.9 Å². The van der Waals surface area contributed by atoms with E-state index in [1.165, 1.54) is 22.5 Å². The number of anilines is 2. The summed E-state index contributed by atoms with van der Waals surface area (Å²) in [4.78, 5) is 7.01. The Hall–Kier alpha value is -3.27. The number of para-hydroxylation sites is 1. The van der Waals surface area contributed by atoms with E-state index in [4.69, 9.17) is 4.74 Å². The molecule has 4 rings (SSSR count). The summed E-state index contributed by atoms with van der Waals surface area (Å²) in [6.45, 7) is 2.65. The van der Waals surface area contributed by atoms with Crippen molar-refractivity contribution in [3.8, 4) is 5.75 Å². The summed E-state index contributed by atoms with van der Waals surface area (Å²) >= 11 is 0. The lowest BCUT2D eigenvalue weighted by atomic mass is 10.0. The molecule has 4 heteroatoms. The molecule has 0 aromatic heterocycles. The number of amidine groups is 1. The third kappa shape index (κ3) is 4.96. The SMILES string of the molecule is COc1ccc(Cc2cccc(N(CC3=NCCCN3)c3ccccc3)c2)cc1. The largest absolute Gasteiger partial charge is 0.497 e. The van der Waals surface area contributed by atoms with Gasteiger partial charge in [0.05, 0.1) is 13.7 Å². The lowest BCUT2D eigenvalue weighted by Gasteiger charge is -2.27. The lowest BCUT2D eigenvalue weighted by Crippen LogP contribution is -2.38. The van der Waals surface area contributed by atoms with Crippen LogP contribution in [0.2, 0.25) is 0 Å². The molecule has 1 heterocycles. The van der Waals surface area contributed by atoms with Gasteiger partial charge in [-0.1, -0.05) is 42.5 Å². The fourth-order valence-electron chi connectivity index (χ4n) is 3.59. The molecular formula is C25H27N3O. The van der Waals surface area contributed by atoms with E-state index in [1.807, 2.05) is 12.1 Å². The van der Waals surface area contributed by atoms with Crippen LogP contribution in [-0.2, 0) is 6.42 Å². The number of nitrogens with one attached hydrogen (secondary N) is 1. The van der Waals surface area contributed by atoms with Gasteiger partial charge in [0.25, 0.3) is 0 Å². The van der Waals surface area contributed by atoms with Gasteiger partial charge in [-0.3, -0.25) is 4.99 Å². The van der Waals surface area contributed by atoms with E-state index in [1.54, 1.807) is 7.11 Å². The van der Waals surface area contributed by atoms with Crippen LogP contribution in [-0.4, -0.2) is 32.6 Å². The predicted octanol–water partition coefficient (Wildman–Crippen LogP) is 4.82. The third-order valence-corrected chi connectivity index (χ3v) is 5.13. The molecular weight excluding hydrogens is 358 g/mol. The monoisotopic (exact) mass is 385 g/mol. The second-order valence-electron chi connectivity index (χ2n) is 7.23. The van der Waals surface area contributed by atoms with E-state index in [2.05, 4.69) is 81.9 Å². The van der Waals surface area contributed by atoms with Crippen molar-refractivity contribution in [2.24, 2.45) is 4.99 Å². The first-order chi connectivity index (χ1) is 14.3. The van der Waals surface area contributed by atoms with E-state index < -0.39 is 0 Å². The molecule has 0 fully saturated rings. The molecule has 0 saturated heterocycles. The average Bonchev–Trinajstić information content (AvgIpc) is 2.79. The summed E-state index contributed by atoms with van der Waals surface area (Å²) in [5.74, 6) is 1.94. The predicted molar refractivity (Wildman–Crippen MR) is 121 cm³/mol. The molecule has 0 spiro atoms. The Labute approximate surface area is 172 Å². The van der Waals surface area contributed by atoms with Gasteiger partial charge >= 0.3 is 0 Å². The van der Waals surface area contributed by atoms with Crippen LogP contribution in [0, 0.1) is 0 Å². The highest BCUT2D eigenvalue weighted by Crippen LogP contribution is 2.27. The van der Waals surface area contributed by atoms with E-state index in [0.29, 0.717) is 0 Å². The number of aliphatic imine (C=N–C) groups is 1. The first kappa shape index (κ1) is 19.1. The molecule has 3 aromatic rings. The summed E-state index contributed by atoms with van der Waals surface area (Å²) in [5, 5.41) is 3.45.